The maximum absolute atomic E-state index is 12.4. The van der Waals surface area contributed by atoms with E-state index in [1.165, 1.54) is 0 Å². The molecule has 108 valence electrons. The van der Waals surface area contributed by atoms with Crippen molar-refractivity contribution in [2.24, 2.45) is 0 Å². The smallest absolute Gasteiger partial charge is 0.322 e. The van der Waals surface area contributed by atoms with E-state index in [0.29, 0.717) is 19.8 Å². The van der Waals surface area contributed by atoms with Gasteiger partial charge in [-0.3, -0.25) is 0 Å². The number of fused-ring (bicyclic) bond motifs is 2. The highest BCUT2D eigenvalue weighted by Crippen LogP contribution is 2.29. The molecule has 5 nitrogen and oxygen atoms in total. The number of morpholine rings is 1. The van der Waals surface area contributed by atoms with Gasteiger partial charge in [0.15, 0.2) is 0 Å². The van der Waals surface area contributed by atoms with Crippen molar-refractivity contribution < 1.29 is 14.3 Å². The zero-order chi connectivity index (χ0) is 13.9. The highest BCUT2D eigenvalue weighted by Gasteiger charge is 2.40. The third-order valence-corrected chi connectivity index (χ3v) is 3.89. The minimum atomic E-state index is -0.0232. The molecule has 1 aromatic carbocycles. The molecule has 0 saturated carbocycles. The van der Waals surface area contributed by atoms with Gasteiger partial charge >= 0.3 is 6.03 Å². The van der Waals surface area contributed by atoms with E-state index in [1.54, 1.807) is 0 Å². The second-order valence-corrected chi connectivity index (χ2v) is 5.22. The number of urea groups is 1. The number of nitrogens with zero attached hydrogens (tertiary/aromatic N) is 1. The van der Waals surface area contributed by atoms with Crippen molar-refractivity contribution in [2.45, 2.75) is 31.8 Å². The van der Waals surface area contributed by atoms with Gasteiger partial charge in [-0.15, -0.1) is 0 Å². The van der Waals surface area contributed by atoms with Gasteiger partial charge in [0.2, 0.25) is 0 Å². The standard InChI is InChI=1S/C15H20N2O3/c1-2-20-14-7-3-11(4-8-14)16-15(18)17-12-5-6-13(17)10-19-9-12/h3-4,7-8,12-13H,2,5-6,9-10H2,1H3,(H,16,18)/t12-,13-/m0/s1. The van der Waals surface area contributed by atoms with Gasteiger partial charge in [-0.2, -0.15) is 0 Å². The summed E-state index contributed by atoms with van der Waals surface area (Å²) >= 11 is 0. The molecule has 2 atom stereocenters. The van der Waals surface area contributed by atoms with Crippen molar-refractivity contribution in [3.05, 3.63) is 24.3 Å². The van der Waals surface area contributed by atoms with E-state index in [9.17, 15) is 4.79 Å². The second-order valence-electron chi connectivity index (χ2n) is 5.22. The average Bonchev–Trinajstić information content (AvgIpc) is 2.71. The molecule has 2 saturated heterocycles. The first-order chi connectivity index (χ1) is 9.78. The molecule has 5 heteroatoms. The third kappa shape index (κ3) is 2.58. The highest BCUT2D eigenvalue weighted by molar-refractivity contribution is 5.90. The van der Waals surface area contributed by atoms with E-state index < -0.39 is 0 Å². The minimum absolute atomic E-state index is 0.0232. The Morgan fingerprint density at radius 1 is 1.30 bits per heavy atom. The molecule has 0 aromatic heterocycles. The number of ether oxygens (including phenoxy) is 2. The predicted molar refractivity (Wildman–Crippen MR) is 76.1 cm³/mol. The number of anilines is 1. The van der Waals surface area contributed by atoms with Gasteiger partial charge in [0.1, 0.15) is 5.75 Å². The molecular formula is C15H20N2O3. The van der Waals surface area contributed by atoms with Crippen molar-refractivity contribution in [1.29, 1.82) is 0 Å². The minimum Gasteiger partial charge on any atom is -0.494 e. The van der Waals surface area contributed by atoms with Crippen LogP contribution in [0.3, 0.4) is 0 Å². The van der Waals surface area contributed by atoms with Gasteiger partial charge in [0.25, 0.3) is 0 Å². The highest BCUT2D eigenvalue weighted by atomic mass is 16.5. The van der Waals surface area contributed by atoms with Crippen LogP contribution in [0.5, 0.6) is 5.75 Å². The Hall–Kier alpha value is -1.75. The van der Waals surface area contributed by atoms with E-state index >= 15 is 0 Å². The van der Waals surface area contributed by atoms with Gasteiger partial charge < -0.3 is 19.7 Å². The molecule has 0 unspecified atom stereocenters. The first kappa shape index (κ1) is 13.2. The zero-order valence-electron chi connectivity index (χ0n) is 11.7. The number of nitrogens with one attached hydrogen (secondary N) is 1. The molecule has 2 heterocycles. The lowest BCUT2D eigenvalue weighted by Crippen LogP contribution is -2.50. The fraction of sp³-hybridized carbons (Fsp3) is 0.533. The van der Waals surface area contributed by atoms with Crippen LogP contribution in [0, 0.1) is 0 Å². The van der Waals surface area contributed by atoms with Gasteiger partial charge in [0, 0.05) is 5.69 Å². The van der Waals surface area contributed by atoms with Gasteiger partial charge in [-0.25, -0.2) is 4.79 Å². The van der Waals surface area contributed by atoms with Crippen LogP contribution >= 0.6 is 0 Å². The maximum Gasteiger partial charge on any atom is 0.322 e. The number of carbonyl (C=O) groups is 1. The quantitative estimate of drug-likeness (QED) is 0.922. The number of hydrogen-bond donors (Lipinski definition) is 1. The Bertz CT molecular complexity index is 459. The summed E-state index contributed by atoms with van der Waals surface area (Å²) in [6.45, 7) is 3.91. The average molecular weight is 276 g/mol. The van der Waals surface area contributed by atoms with Crippen LogP contribution in [0.1, 0.15) is 19.8 Å². The van der Waals surface area contributed by atoms with Crippen molar-refractivity contribution in [3.8, 4) is 5.75 Å². The van der Waals surface area contributed by atoms with E-state index in [1.807, 2.05) is 36.1 Å². The molecule has 20 heavy (non-hydrogen) atoms. The van der Waals surface area contributed by atoms with Crippen molar-refractivity contribution in [1.82, 2.24) is 4.90 Å². The van der Waals surface area contributed by atoms with Crippen molar-refractivity contribution in [2.75, 3.05) is 25.1 Å². The third-order valence-electron chi connectivity index (χ3n) is 3.89. The van der Waals surface area contributed by atoms with Crippen LogP contribution in [-0.4, -0.2) is 42.8 Å². The Balaban J connectivity index is 1.64. The van der Waals surface area contributed by atoms with E-state index in [4.69, 9.17) is 9.47 Å². The van der Waals surface area contributed by atoms with Crippen LogP contribution in [-0.2, 0) is 4.74 Å². The number of hydrogen-bond acceptors (Lipinski definition) is 3. The van der Waals surface area contributed by atoms with Crippen molar-refractivity contribution in [3.63, 3.8) is 0 Å². The van der Waals surface area contributed by atoms with Crippen LogP contribution < -0.4 is 10.1 Å². The summed E-state index contributed by atoms with van der Waals surface area (Å²) in [6.07, 6.45) is 2.09. The summed E-state index contributed by atoms with van der Waals surface area (Å²) in [5.74, 6) is 0.817. The molecular weight excluding hydrogens is 256 g/mol. The van der Waals surface area contributed by atoms with E-state index in [-0.39, 0.29) is 18.1 Å². The predicted octanol–water partition coefficient (Wildman–Crippen LogP) is 2.48. The van der Waals surface area contributed by atoms with E-state index in [0.717, 1.165) is 24.3 Å². The Morgan fingerprint density at radius 3 is 2.55 bits per heavy atom. The number of amides is 2. The molecule has 3 rings (SSSR count). The Kier molecular flexibility index (Phi) is 3.78. The van der Waals surface area contributed by atoms with Gasteiger partial charge in [-0.05, 0) is 44.0 Å². The first-order valence-electron chi connectivity index (χ1n) is 7.18. The van der Waals surface area contributed by atoms with Crippen LogP contribution in [0.4, 0.5) is 10.5 Å². The fourth-order valence-electron chi connectivity index (χ4n) is 2.95. The molecule has 0 radical (unpaired) electrons. The summed E-state index contributed by atoms with van der Waals surface area (Å²) in [7, 11) is 0. The monoisotopic (exact) mass is 276 g/mol. The SMILES string of the molecule is CCOc1ccc(NC(=O)N2[C@H]3CC[C@H]2COC3)cc1. The largest absolute Gasteiger partial charge is 0.494 e. The topological polar surface area (TPSA) is 50.8 Å². The molecule has 0 spiro atoms. The zero-order valence-corrected chi connectivity index (χ0v) is 11.7. The Labute approximate surface area is 118 Å². The molecule has 2 bridgehead atoms. The van der Waals surface area contributed by atoms with Gasteiger partial charge in [0.05, 0.1) is 31.9 Å². The molecule has 1 N–H and O–H groups in total. The number of benzene rings is 1. The molecule has 2 aliphatic rings. The van der Waals surface area contributed by atoms with Gasteiger partial charge in [-0.1, -0.05) is 0 Å². The lowest BCUT2D eigenvalue weighted by Gasteiger charge is -2.34. The van der Waals surface area contributed by atoms with E-state index in [2.05, 4.69) is 5.32 Å². The molecule has 1 aromatic rings. The Morgan fingerprint density at radius 2 is 1.95 bits per heavy atom. The summed E-state index contributed by atoms with van der Waals surface area (Å²) in [5.41, 5.74) is 0.796. The molecule has 2 aliphatic heterocycles. The van der Waals surface area contributed by atoms with Crippen LogP contribution in [0.15, 0.2) is 24.3 Å². The summed E-state index contributed by atoms with van der Waals surface area (Å²) in [5, 5.41) is 2.96. The number of rotatable bonds is 3. The number of carbonyl (C=O) groups excluding carboxylic acids is 1. The summed E-state index contributed by atoms with van der Waals surface area (Å²) < 4.78 is 10.9. The first-order valence-corrected chi connectivity index (χ1v) is 7.18. The van der Waals surface area contributed by atoms with Crippen molar-refractivity contribution >= 4 is 11.7 Å². The molecule has 2 fully saturated rings. The molecule has 0 aliphatic carbocycles. The normalized spacial score (nSPS) is 24.6. The molecule has 2 amide bonds. The van der Waals surface area contributed by atoms with Crippen LogP contribution in [0.2, 0.25) is 0 Å². The summed E-state index contributed by atoms with van der Waals surface area (Å²) in [6, 6.07) is 7.91. The summed E-state index contributed by atoms with van der Waals surface area (Å²) in [4.78, 5) is 14.3. The lowest BCUT2D eigenvalue weighted by molar-refractivity contribution is 0.00949. The maximum atomic E-state index is 12.4. The fourth-order valence-corrected chi connectivity index (χ4v) is 2.95. The van der Waals surface area contributed by atoms with Crippen LogP contribution in [0.25, 0.3) is 0 Å². The lowest BCUT2D eigenvalue weighted by atomic mass is 10.2. The second kappa shape index (κ2) is 5.71.